The van der Waals surface area contributed by atoms with E-state index in [0.29, 0.717) is 30.5 Å². The van der Waals surface area contributed by atoms with Crippen LogP contribution in [0.1, 0.15) is 13.8 Å². The van der Waals surface area contributed by atoms with Crippen molar-refractivity contribution in [3.8, 4) is 0 Å². The van der Waals surface area contributed by atoms with Crippen LogP contribution in [0.3, 0.4) is 0 Å². The zero-order valence-electron chi connectivity index (χ0n) is 11.0. The van der Waals surface area contributed by atoms with Crippen LogP contribution in [-0.4, -0.2) is 45.7 Å². The smallest absolute Gasteiger partial charge is 0.236 e. The number of anilines is 2. The van der Waals surface area contributed by atoms with Crippen molar-refractivity contribution in [1.82, 2.24) is 20.2 Å². The summed E-state index contributed by atoms with van der Waals surface area (Å²) in [7, 11) is 0. The standard InChI is InChI=1S/C11H17N7O/c1-3-13-11-15-9-7(5-14-17-9)10(16-11)18(4-2)6-8(12)19/h5H,3-4,6H2,1-2H3,(H2,12,19)(H2,13,14,15,16,17). The normalized spacial score (nSPS) is 10.6. The SMILES string of the molecule is CCNc1nc(N(CC)CC(N)=O)c2cn[nH]c2n1. The van der Waals surface area contributed by atoms with Crippen molar-refractivity contribution in [3.63, 3.8) is 0 Å². The number of rotatable bonds is 6. The molecule has 2 aromatic rings. The highest BCUT2D eigenvalue weighted by Gasteiger charge is 2.16. The highest BCUT2D eigenvalue weighted by molar-refractivity contribution is 5.90. The van der Waals surface area contributed by atoms with Gasteiger partial charge in [0.2, 0.25) is 11.9 Å². The molecule has 19 heavy (non-hydrogen) atoms. The number of amides is 1. The number of aromatic amines is 1. The number of H-pyrrole nitrogens is 1. The first-order valence-corrected chi connectivity index (χ1v) is 6.14. The van der Waals surface area contributed by atoms with E-state index in [1.54, 1.807) is 11.1 Å². The summed E-state index contributed by atoms with van der Waals surface area (Å²) in [6.07, 6.45) is 1.64. The highest BCUT2D eigenvalue weighted by Crippen LogP contribution is 2.23. The lowest BCUT2D eigenvalue weighted by molar-refractivity contribution is -0.116. The second kappa shape index (κ2) is 5.51. The number of likely N-dealkylation sites (N-methyl/N-ethyl adjacent to an activating group) is 1. The molecule has 0 aromatic carbocycles. The number of carbonyl (C=O) groups is 1. The molecule has 0 spiro atoms. The fourth-order valence-electron chi connectivity index (χ4n) is 1.82. The van der Waals surface area contributed by atoms with E-state index in [-0.39, 0.29) is 6.54 Å². The summed E-state index contributed by atoms with van der Waals surface area (Å²) in [6, 6.07) is 0. The first-order chi connectivity index (χ1) is 9.15. The van der Waals surface area contributed by atoms with Gasteiger partial charge in [-0.05, 0) is 13.8 Å². The van der Waals surface area contributed by atoms with E-state index in [2.05, 4.69) is 25.5 Å². The second-order valence-corrected chi connectivity index (χ2v) is 4.01. The lowest BCUT2D eigenvalue weighted by Gasteiger charge is -2.21. The van der Waals surface area contributed by atoms with Gasteiger partial charge in [0.1, 0.15) is 5.82 Å². The van der Waals surface area contributed by atoms with Crippen molar-refractivity contribution in [3.05, 3.63) is 6.20 Å². The maximum atomic E-state index is 11.1. The van der Waals surface area contributed by atoms with Gasteiger partial charge < -0.3 is 16.0 Å². The number of hydrogen-bond acceptors (Lipinski definition) is 6. The monoisotopic (exact) mass is 263 g/mol. The molecule has 8 nitrogen and oxygen atoms in total. The summed E-state index contributed by atoms with van der Waals surface area (Å²) in [5.74, 6) is 0.746. The molecule has 0 saturated carbocycles. The van der Waals surface area contributed by atoms with Gasteiger partial charge in [-0.3, -0.25) is 9.89 Å². The van der Waals surface area contributed by atoms with E-state index >= 15 is 0 Å². The molecule has 0 atom stereocenters. The third-order valence-electron chi connectivity index (χ3n) is 2.65. The van der Waals surface area contributed by atoms with Gasteiger partial charge in [0.05, 0.1) is 18.1 Å². The number of nitrogens with zero attached hydrogens (tertiary/aromatic N) is 4. The zero-order valence-corrected chi connectivity index (χ0v) is 11.0. The van der Waals surface area contributed by atoms with Gasteiger partial charge in [0.25, 0.3) is 0 Å². The maximum Gasteiger partial charge on any atom is 0.236 e. The first-order valence-electron chi connectivity index (χ1n) is 6.14. The summed E-state index contributed by atoms with van der Waals surface area (Å²) >= 11 is 0. The minimum atomic E-state index is -0.401. The molecule has 0 aliphatic carbocycles. The highest BCUT2D eigenvalue weighted by atomic mass is 16.1. The number of fused-ring (bicyclic) bond motifs is 1. The Balaban J connectivity index is 2.48. The zero-order chi connectivity index (χ0) is 13.8. The fourth-order valence-corrected chi connectivity index (χ4v) is 1.82. The molecule has 0 aliphatic heterocycles. The fraction of sp³-hybridized carbons (Fsp3) is 0.455. The van der Waals surface area contributed by atoms with Gasteiger partial charge in [-0.2, -0.15) is 15.1 Å². The van der Waals surface area contributed by atoms with Gasteiger partial charge in [0.15, 0.2) is 5.65 Å². The van der Waals surface area contributed by atoms with Crippen LogP contribution in [0.25, 0.3) is 11.0 Å². The molecule has 8 heteroatoms. The van der Waals surface area contributed by atoms with Crippen LogP contribution >= 0.6 is 0 Å². The summed E-state index contributed by atoms with van der Waals surface area (Å²) in [6.45, 7) is 5.33. The second-order valence-electron chi connectivity index (χ2n) is 4.01. The van der Waals surface area contributed by atoms with Crippen molar-refractivity contribution in [2.24, 2.45) is 5.73 Å². The van der Waals surface area contributed by atoms with Crippen LogP contribution < -0.4 is 16.0 Å². The maximum absolute atomic E-state index is 11.1. The summed E-state index contributed by atoms with van der Waals surface area (Å²) in [5.41, 5.74) is 5.89. The lowest BCUT2D eigenvalue weighted by atomic mass is 10.3. The molecule has 1 amide bonds. The largest absolute Gasteiger partial charge is 0.368 e. The van der Waals surface area contributed by atoms with Crippen molar-refractivity contribution < 1.29 is 4.79 Å². The summed E-state index contributed by atoms with van der Waals surface area (Å²) < 4.78 is 0. The molecular formula is C11H17N7O. The van der Waals surface area contributed by atoms with E-state index < -0.39 is 5.91 Å². The quantitative estimate of drug-likeness (QED) is 0.681. The number of aromatic nitrogens is 4. The molecule has 2 aromatic heterocycles. The molecule has 0 aliphatic rings. The topological polar surface area (TPSA) is 113 Å². The molecule has 2 rings (SSSR count). The van der Waals surface area contributed by atoms with Crippen LogP contribution in [0.15, 0.2) is 6.20 Å². The molecule has 0 fully saturated rings. The Labute approximate surface area is 110 Å². The third kappa shape index (κ3) is 2.72. The molecule has 4 N–H and O–H groups in total. The number of nitrogens with one attached hydrogen (secondary N) is 2. The third-order valence-corrected chi connectivity index (χ3v) is 2.65. The first kappa shape index (κ1) is 13.1. The van der Waals surface area contributed by atoms with Crippen LogP contribution in [0.2, 0.25) is 0 Å². The average molecular weight is 263 g/mol. The number of carbonyl (C=O) groups excluding carboxylic acids is 1. The van der Waals surface area contributed by atoms with E-state index in [9.17, 15) is 4.79 Å². The predicted molar refractivity (Wildman–Crippen MR) is 72.9 cm³/mol. The lowest BCUT2D eigenvalue weighted by Crippen LogP contribution is -2.34. The van der Waals surface area contributed by atoms with E-state index in [1.807, 2.05) is 13.8 Å². The Bertz CT molecular complexity index is 579. The minimum Gasteiger partial charge on any atom is -0.368 e. The van der Waals surface area contributed by atoms with Gasteiger partial charge in [-0.25, -0.2) is 0 Å². The van der Waals surface area contributed by atoms with Crippen LogP contribution in [0, 0.1) is 0 Å². The molecule has 0 unspecified atom stereocenters. The number of primary amides is 1. The molecule has 0 bridgehead atoms. The van der Waals surface area contributed by atoms with Gasteiger partial charge in [-0.1, -0.05) is 0 Å². The van der Waals surface area contributed by atoms with Crippen LogP contribution in [0.5, 0.6) is 0 Å². The molecular weight excluding hydrogens is 246 g/mol. The van der Waals surface area contributed by atoms with E-state index in [1.165, 1.54) is 0 Å². The Morgan fingerprint density at radius 1 is 1.47 bits per heavy atom. The Morgan fingerprint density at radius 3 is 2.89 bits per heavy atom. The minimum absolute atomic E-state index is 0.110. The van der Waals surface area contributed by atoms with E-state index in [4.69, 9.17) is 5.73 Å². The van der Waals surface area contributed by atoms with E-state index in [0.717, 1.165) is 5.39 Å². The van der Waals surface area contributed by atoms with Crippen LogP contribution in [-0.2, 0) is 4.79 Å². The van der Waals surface area contributed by atoms with Gasteiger partial charge in [-0.15, -0.1) is 0 Å². The number of nitrogens with two attached hydrogens (primary N) is 1. The molecule has 2 heterocycles. The van der Waals surface area contributed by atoms with Crippen molar-refractivity contribution in [2.75, 3.05) is 29.9 Å². The molecule has 0 radical (unpaired) electrons. The molecule has 102 valence electrons. The van der Waals surface area contributed by atoms with Crippen LogP contribution in [0.4, 0.5) is 11.8 Å². The Morgan fingerprint density at radius 2 is 2.26 bits per heavy atom. The Hall–Kier alpha value is -2.38. The van der Waals surface area contributed by atoms with Crippen molar-refractivity contribution >= 4 is 28.7 Å². The summed E-state index contributed by atoms with van der Waals surface area (Å²) in [4.78, 5) is 21.6. The van der Waals surface area contributed by atoms with Gasteiger partial charge in [0, 0.05) is 13.1 Å². The Kier molecular flexibility index (Phi) is 3.79. The molecule has 0 saturated heterocycles. The van der Waals surface area contributed by atoms with Gasteiger partial charge >= 0.3 is 0 Å². The average Bonchev–Trinajstić information content (AvgIpc) is 2.83. The van der Waals surface area contributed by atoms with Crippen molar-refractivity contribution in [2.45, 2.75) is 13.8 Å². The van der Waals surface area contributed by atoms with Crippen molar-refractivity contribution in [1.29, 1.82) is 0 Å². The summed E-state index contributed by atoms with van der Waals surface area (Å²) in [5, 5.41) is 10.6. The number of hydrogen-bond donors (Lipinski definition) is 3. The predicted octanol–water partition coefficient (Wildman–Crippen LogP) is 0.0963.